The number of hydrogen-bond donors (Lipinski definition) is 1. The van der Waals surface area contributed by atoms with Crippen LogP contribution in [0.2, 0.25) is 0 Å². The average Bonchev–Trinajstić information content (AvgIpc) is 3.41. The number of rotatable bonds is 4. The quantitative estimate of drug-likeness (QED) is 0.921. The topological polar surface area (TPSA) is 58.6 Å². The Bertz CT molecular complexity index is 602. The second-order valence-corrected chi connectivity index (χ2v) is 6.46. The minimum atomic E-state index is -0.0632. The molecule has 1 aliphatic carbocycles. The van der Waals surface area contributed by atoms with Gasteiger partial charge in [-0.15, -0.1) is 0 Å². The number of amides is 2. The molecule has 1 aromatic carbocycles. The number of carbonyl (C=O) groups excluding carboxylic acids is 2. The Balaban J connectivity index is 1.62. The van der Waals surface area contributed by atoms with Crippen molar-refractivity contribution in [2.24, 2.45) is 11.8 Å². The number of nitrogens with one attached hydrogen (secondary N) is 1. The Morgan fingerprint density at radius 3 is 2.91 bits per heavy atom. The minimum Gasteiger partial charge on any atom is -0.497 e. The van der Waals surface area contributed by atoms with Crippen LogP contribution in [0.1, 0.15) is 30.7 Å². The predicted octanol–water partition coefficient (Wildman–Crippen LogP) is 1.78. The molecule has 3 rings (SSSR count). The Hall–Kier alpha value is -2.04. The van der Waals surface area contributed by atoms with Gasteiger partial charge in [0.2, 0.25) is 11.8 Å². The number of benzene rings is 1. The van der Waals surface area contributed by atoms with Crippen molar-refractivity contribution in [2.75, 3.05) is 27.2 Å². The van der Waals surface area contributed by atoms with Crippen LogP contribution in [-0.2, 0) is 9.59 Å². The van der Waals surface area contributed by atoms with E-state index in [1.165, 1.54) is 5.56 Å². The van der Waals surface area contributed by atoms with Gasteiger partial charge < -0.3 is 15.0 Å². The zero-order chi connectivity index (χ0) is 16.4. The summed E-state index contributed by atoms with van der Waals surface area (Å²) in [6, 6.07) is 7.96. The van der Waals surface area contributed by atoms with Gasteiger partial charge in [0.1, 0.15) is 5.75 Å². The van der Waals surface area contributed by atoms with Crippen LogP contribution in [0.4, 0.5) is 0 Å². The largest absolute Gasteiger partial charge is 0.497 e. The van der Waals surface area contributed by atoms with Crippen molar-refractivity contribution in [1.82, 2.24) is 10.2 Å². The third kappa shape index (κ3) is 3.33. The van der Waals surface area contributed by atoms with Crippen molar-refractivity contribution >= 4 is 11.8 Å². The van der Waals surface area contributed by atoms with E-state index in [2.05, 4.69) is 11.4 Å². The first kappa shape index (κ1) is 15.8. The lowest BCUT2D eigenvalue weighted by Gasteiger charge is -2.32. The summed E-state index contributed by atoms with van der Waals surface area (Å²) in [5, 5.41) is 2.70. The number of hydrogen-bond acceptors (Lipinski definition) is 3. The van der Waals surface area contributed by atoms with Crippen LogP contribution in [-0.4, -0.2) is 44.0 Å². The second-order valence-electron chi connectivity index (χ2n) is 6.46. The van der Waals surface area contributed by atoms with Gasteiger partial charge in [0, 0.05) is 26.1 Å². The molecular weight excluding hydrogens is 292 g/mol. The first-order valence-corrected chi connectivity index (χ1v) is 8.28. The maximum absolute atomic E-state index is 12.7. The molecule has 1 heterocycles. The Morgan fingerprint density at radius 1 is 1.35 bits per heavy atom. The van der Waals surface area contributed by atoms with Crippen molar-refractivity contribution < 1.29 is 14.3 Å². The molecule has 5 heteroatoms. The fraction of sp³-hybridized carbons (Fsp3) is 0.556. The molecule has 2 aliphatic rings. The highest BCUT2D eigenvalue weighted by molar-refractivity contribution is 5.84. The highest BCUT2D eigenvalue weighted by Crippen LogP contribution is 2.49. The van der Waals surface area contributed by atoms with E-state index in [0.717, 1.165) is 31.6 Å². The molecule has 1 saturated heterocycles. The van der Waals surface area contributed by atoms with Gasteiger partial charge in [0.25, 0.3) is 0 Å². The number of methoxy groups -OCH3 is 1. The van der Waals surface area contributed by atoms with Gasteiger partial charge in [-0.25, -0.2) is 0 Å². The van der Waals surface area contributed by atoms with E-state index in [1.807, 2.05) is 23.1 Å². The van der Waals surface area contributed by atoms with Crippen LogP contribution in [0.25, 0.3) is 0 Å². The molecule has 2 amide bonds. The summed E-state index contributed by atoms with van der Waals surface area (Å²) in [5.41, 5.74) is 1.17. The van der Waals surface area contributed by atoms with Crippen LogP contribution in [0.5, 0.6) is 5.75 Å². The fourth-order valence-corrected chi connectivity index (χ4v) is 3.54. The van der Waals surface area contributed by atoms with E-state index in [4.69, 9.17) is 4.74 Å². The van der Waals surface area contributed by atoms with Gasteiger partial charge in [-0.1, -0.05) is 12.1 Å². The van der Waals surface area contributed by atoms with Gasteiger partial charge in [-0.05, 0) is 42.9 Å². The standard InChI is InChI=1S/C18H24N2O3/c1-19-17(21)13-6-4-8-20(11-13)18(22)16-10-15(16)12-5-3-7-14(9-12)23-2/h3,5,7,9,13,15-16H,4,6,8,10-11H2,1-2H3,(H,19,21). The van der Waals surface area contributed by atoms with Gasteiger partial charge in [0.15, 0.2) is 0 Å². The summed E-state index contributed by atoms with van der Waals surface area (Å²) >= 11 is 0. The van der Waals surface area contributed by atoms with E-state index in [1.54, 1.807) is 14.2 Å². The normalized spacial score (nSPS) is 26.5. The second kappa shape index (κ2) is 6.60. The van der Waals surface area contributed by atoms with Crippen LogP contribution < -0.4 is 10.1 Å². The zero-order valence-electron chi connectivity index (χ0n) is 13.7. The molecule has 23 heavy (non-hydrogen) atoms. The average molecular weight is 316 g/mol. The van der Waals surface area contributed by atoms with Crippen molar-refractivity contribution in [3.8, 4) is 5.75 Å². The van der Waals surface area contributed by atoms with Crippen molar-refractivity contribution in [3.63, 3.8) is 0 Å². The van der Waals surface area contributed by atoms with Gasteiger partial charge in [0.05, 0.1) is 13.0 Å². The zero-order valence-corrected chi connectivity index (χ0v) is 13.7. The Kier molecular flexibility index (Phi) is 4.55. The third-order valence-electron chi connectivity index (χ3n) is 4.98. The summed E-state index contributed by atoms with van der Waals surface area (Å²) < 4.78 is 5.26. The number of nitrogens with zero attached hydrogens (tertiary/aromatic N) is 1. The van der Waals surface area contributed by atoms with Crippen LogP contribution in [0, 0.1) is 11.8 Å². The number of ether oxygens (including phenoxy) is 1. The van der Waals surface area contributed by atoms with Crippen LogP contribution in [0.15, 0.2) is 24.3 Å². The van der Waals surface area contributed by atoms with Crippen LogP contribution >= 0.6 is 0 Å². The van der Waals surface area contributed by atoms with Gasteiger partial charge in [-0.3, -0.25) is 9.59 Å². The molecule has 0 aromatic heterocycles. The minimum absolute atomic E-state index is 0.0441. The van der Waals surface area contributed by atoms with Crippen molar-refractivity contribution in [3.05, 3.63) is 29.8 Å². The molecule has 0 spiro atoms. The number of carbonyl (C=O) groups is 2. The number of piperidine rings is 1. The lowest BCUT2D eigenvalue weighted by atomic mass is 9.96. The van der Waals surface area contributed by atoms with E-state index >= 15 is 0 Å². The summed E-state index contributed by atoms with van der Waals surface area (Å²) in [6.45, 7) is 1.33. The fourth-order valence-electron chi connectivity index (χ4n) is 3.54. The molecular formula is C18H24N2O3. The first-order valence-electron chi connectivity index (χ1n) is 8.28. The van der Waals surface area contributed by atoms with E-state index < -0.39 is 0 Å². The van der Waals surface area contributed by atoms with E-state index in [0.29, 0.717) is 6.54 Å². The maximum Gasteiger partial charge on any atom is 0.226 e. The molecule has 1 aromatic rings. The van der Waals surface area contributed by atoms with Gasteiger partial charge >= 0.3 is 0 Å². The summed E-state index contributed by atoms with van der Waals surface area (Å²) in [4.78, 5) is 26.4. The monoisotopic (exact) mass is 316 g/mol. The maximum atomic E-state index is 12.7. The highest BCUT2D eigenvalue weighted by atomic mass is 16.5. The highest BCUT2D eigenvalue weighted by Gasteiger charge is 2.46. The molecule has 5 nitrogen and oxygen atoms in total. The molecule has 0 radical (unpaired) electrons. The smallest absolute Gasteiger partial charge is 0.226 e. The lowest BCUT2D eigenvalue weighted by Crippen LogP contribution is -2.45. The summed E-state index contributed by atoms with van der Waals surface area (Å²) in [7, 11) is 3.31. The molecule has 0 bridgehead atoms. The molecule has 124 valence electrons. The lowest BCUT2D eigenvalue weighted by molar-refractivity contribution is -0.136. The SMILES string of the molecule is CNC(=O)C1CCCN(C(=O)C2CC2c2cccc(OC)c2)C1. The summed E-state index contributed by atoms with van der Waals surface area (Å²) in [6.07, 6.45) is 2.67. The Morgan fingerprint density at radius 2 is 2.17 bits per heavy atom. The molecule has 3 unspecified atom stereocenters. The van der Waals surface area contributed by atoms with Crippen LogP contribution in [0.3, 0.4) is 0 Å². The molecule has 1 N–H and O–H groups in total. The summed E-state index contributed by atoms with van der Waals surface area (Å²) in [5.74, 6) is 1.36. The van der Waals surface area contributed by atoms with E-state index in [9.17, 15) is 9.59 Å². The van der Waals surface area contributed by atoms with E-state index in [-0.39, 0.29) is 29.6 Å². The first-order chi connectivity index (χ1) is 11.1. The molecule has 3 atom stereocenters. The molecule has 1 aliphatic heterocycles. The van der Waals surface area contributed by atoms with Gasteiger partial charge in [-0.2, -0.15) is 0 Å². The molecule has 1 saturated carbocycles. The third-order valence-corrected chi connectivity index (χ3v) is 4.98. The van der Waals surface area contributed by atoms with Crippen molar-refractivity contribution in [1.29, 1.82) is 0 Å². The predicted molar refractivity (Wildman–Crippen MR) is 87.2 cm³/mol. The molecule has 2 fully saturated rings. The number of likely N-dealkylation sites (tertiary alicyclic amines) is 1. The van der Waals surface area contributed by atoms with Crippen molar-refractivity contribution in [2.45, 2.75) is 25.2 Å². The Labute approximate surface area is 137 Å².